The number of nitrogens with zero attached hydrogens (tertiary/aromatic N) is 5. The minimum atomic E-state index is 0.637. The number of fused-ring (bicyclic) bond motifs is 1. The number of H-pyrrole nitrogens is 1. The molecule has 1 aromatic carbocycles. The van der Waals surface area contributed by atoms with Crippen LogP contribution in [0.2, 0.25) is 0 Å². The molecule has 5 rings (SSSR count). The largest absolute Gasteiger partial charge is 0.495 e. The Balaban J connectivity index is 1.42. The zero-order valence-electron chi connectivity index (χ0n) is 17.9. The molecule has 1 saturated heterocycles. The number of hydrogen-bond acceptors (Lipinski definition) is 6. The van der Waals surface area contributed by atoms with Gasteiger partial charge in [-0.15, -0.1) is 0 Å². The highest BCUT2D eigenvalue weighted by atomic mass is 16.5. The van der Waals surface area contributed by atoms with E-state index in [0.717, 1.165) is 53.2 Å². The van der Waals surface area contributed by atoms with E-state index in [2.05, 4.69) is 38.2 Å². The first-order valence-corrected chi connectivity index (χ1v) is 10.5. The number of aromatic nitrogens is 4. The predicted molar refractivity (Wildman–Crippen MR) is 122 cm³/mol. The standard InChI is InChI=1S/C23H27N7O/c1-28-15-18(13-26-28)19-10-17-12-25-23(11-20(17)27-19)30(24)21-6-5-16(9-22(21)31-2)14-29-7-3-4-8-29/h5-6,9-13,15,27H,3-4,7-8,14,24H2,1-2H3. The number of likely N-dealkylation sites (tertiary alicyclic amines) is 1. The van der Waals surface area contributed by atoms with Gasteiger partial charge in [0, 0.05) is 48.7 Å². The average Bonchev–Trinajstić information content (AvgIpc) is 3.53. The lowest BCUT2D eigenvalue weighted by molar-refractivity contribution is 0.330. The van der Waals surface area contributed by atoms with Gasteiger partial charge in [0.05, 0.1) is 18.8 Å². The van der Waals surface area contributed by atoms with Gasteiger partial charge in [-0.1, -0.05) is 6.07 Å². The number of aryl methyl sites for hydroxylation is 1. The Morgan fingerprint density at radius 3 is 2.74 bits per heavy atom. The molecule has 0 aliphatic carbocycles. The van der Waals surface area contributed by atoms with E-state index in [-0.39, 0.29) is 0 Å². The molecule has 1 aliphatic rings. The third-order valence-electron chi connectivity index (χ3n) is 5.86. The maximum Gasteiger partial charge on any atom is 0.149 e. The Labute approximate surface area is 181 Å². The number of nitrogens with two attached hydrogens (primary N) is 1. The molecule has 0 amide bonds. The minimum Gasteiger partial charge on any atom is -0.495 e. The zero-order chi connectivity index (χ0) is 21.4. The van der Waals surface area contributed by atoms with E-state index in [9.17, 15) is 0 Å². The molecule has 0 bridgehead atoms. The number of aromatic amines is 1. The van der Waals surface area contributed by atoms with E-state index in [1.807, 2.05) is 37.8 Å². The second-order valence-corrected chi connectivity index (χ2v) is 8.07. The molecule has 3 N–H and O–H groups in total. The first-order chi connectivity index (χ1) is 15.1. The summed E-state index contributed by atoms with van der Waals surface area (Å²) in [7, 11) is 3.58. The summed E-state index contributed by atoms with van der Waals surface area (Å²) in [6.07, 6.45) is 8.20. The third-order valence-corrected chi connectivity index (χ3v) is 5.86. The van der Waals surface area contributed by atoms with Crippen LogP contribution in [-0.4, -0.2) is 44.8 Å². The molecule has 31 heavy (non-hydrogen) atoms. The lowest BCUT2D eigenvalue weighted by Gasteiger charge is -2.22. The van der Waals surface area contributed by atoms with Crippen molar-refractivity contribution in [2.75, 3.05) is 25.2 Å². The number of pyridine rings is 1. The number of benzene rings is 1. The molecule has 0 unspecified atom stereocenters. The molecular formula is C23H27N7O. The van der Waals surface area contributed by atoms with Crippen molar-refractivity contribution in [3.05, 3.63) is 54.5 Å². The van der Waals surface area contributed by atoms with Gasteiger partial charge in [0.25, 0.3) is 0 Å². The number of hydrogen-bond donors (Lipinski definition) is 2. The van der Waals surface area contributed by atoms with Crippen LogP contribution in [0.4, 0.5) is 11.5 Å². The van der Waals surface area contributed by atoms with Crippen LogP contribution in [0, 0.1) is 0 Å². The molecular weight excluding hydrogens is 390 g/mol. The third kappa shape index (κ3) is 3.87. The molecule has 4 heterocycles. The summed E-state index contributed by atoms with van der Waals surface area (Å²) in [4.78, 5) is 10.5. The molecule has 8 heteroatoms. The van der Waals surface area contributed by atoms with Gasteiger partial charge in [-0.25, -0.2) is 10.8 Å². The van der Waals surface area contributed by atoms with Gasteiger partial charge in [-0.2, -0.15) is 5.10 Å². The maximum absolute atomic E-state index is 6.47. The fraction of sp³-hybridized carbons (Fsp3) is 0.304. The van der Waals surface area contributed by atoms with Crippen LogP contribution < -0.4 is 15.6 Å². The van der Waals surface area contributed by atoms with E-state index in [1.54, 1.807) is 16.8 Å². The van der Waals surface area contributed by atoms with Crippen LogP contribution >= 0.6 is 0 Å². The van der Waals surface area contributed by atoms with Gasteiger partial charge in [0.2, 0.25) is 0 Å². The molecule has 1 fully saturated rings. The number of ether oxygens (including phenoxy) is 1. The van der Waals surface area contributed by atoms with Crippen LogP contribution in [0.1, 0.15) is 18.4 Å². The fourth-order valence-corrected chi connectivity index (χ4v) is 4.20. The minimum absolute atomic E-state index is 0.637. The van der Waals surface area contributed by atoms with Gasteiger partial charge in [-0.3, -0.25) is 14.6 Å². The Kier molecular flexibility index (Phi) is 5.09. The van der Waals surface area contributed by atoms with Crippen LogP contribution in [0.3, 0.4) is 0 Å². The Morgan fingerprint density at radius 1 is 1.16 bits per heavy atom. The summed E-state index contributed by atoms with van der Waals surface area (Å²) in [6, 6.07) is 10.2. The molecule has 0 atom stereocenters. The monoisotopic (exact) mass is 417 g/mol. The number of nitrogens with one attached hydrogen (secondary N) is 1. The van der Waals surface area contributed by atoms with E-state index in [0.29, 0.717) is 5.82 Å². The maximum atomic E-state index is 6.47. The van der Waals surface area contributed by atoms with E-state index in [1.165, 1.54) is 18.4 Å². The molecule has 0 saturated carbocycles. The van der Waals surface area contributed by atoms with Gasteiger partial charge in [-0.05, 0) is 49.7 Å². The number of hydrazine groups is 1. The quantitative estimate of drug-likeness (QED) is 0.368. The molecule has 160 valence electrons. The second-order valence-electron chi connectivity index (χ2n) is 8.07. The second kappa shape index (κ2) is 8.05. The lowest BCUT2D eigenvalue weighted by atomic mass is 10.1. The Hall–Kier alpha value is -3.36. The summed E-state index contributed by atoms with van der Waals surface area (Å²) in [5, 5.41) is 6.83. The van der Waals surface area contributed by atoms with Crippen molar-refractivity contribution in [3.8, 4) is 17.0 Å². The predicted octanol–water partition coefficient (Wildman–Crippen LogP) is 3.58. The molecule has 0 spiro atoms. The van der Waals surface area contributed by atoms with Crippen LogP contribution in [0.5, 0.6) is 5.75 Å². The van der Waals surface area contributed by atoms with Crippen molar-refractivity contribution in [1.29, 1.82) is 0 Å². The van der Waals surface area contributed by atoms with Crippen LogP contribution in [0.15, 0.2) is 48.9 Å². The van der Waals surface area contributed by atoms with Crippen molar-refractivity contribution in [2.45, 2.75) is 19.4 Å². The first kappa shape index (κ1) is 19.6. The van der Waals surface area contributed by atoms with Crippen molar-refractivity contribution < 1.29 is 4.74 Å². The highest BCUT2D eigenvalue weighted by Gasteiger charge is 2.17. The molecule has 0 radical (unpaired) electrons. The number of anilines is 2. The fourth-order valence-electron chi connectivity index (χ4n) is 4.20. The first-order valence-electron chi connectivity index (χ1n) is 10.5. The van der Waals surface area contributed by atoms with E-state index < -0.39 is 0 Å². The van der Waals surface area contributed by atoms with Crippen molar-refractivity contribution in [3.63, 3.8) is 0 Å². The van der Waals surface area contributed by atoms with E-state index in [4.69, 9.17) is 10.6 Å². The van der Waals surface area contributed by atoms with Crippen molar-refractivity contribution >= 4 is 22.4 Å². The topological polar surface area (TPSA) is 88.2 Å². The van der Waals surface area contributed by atoms with E-state index >= 15 is 0 Å². The average molecular weight is 418 g/mol. The molecule has 1 aliphatic heterocycles. The Morgan fingerprint density at radius 2 is 2.00 bits per heavy atom. The summed E-state index contributed by atoms with van der Waals surface area (Å²) in [5.41, 5.74) is 4.99. The van der Waals surface area contributed by atoms with Crippen molar-refractivity contribution in [2.24, 2.45) is 12.9 Å². The lowest BCUT2D eigenvalue weighted by Crippen LogP contribution is -2.26. The van der Waals surface area contributed by atoms with Gasteiger partial charge in [0.1, 0.15) is 17.3 Å². The highest BCUT2D eigenvalue weighted by molar-refractivity contribution is 5.87. The summed E-state index contributed by atoms with van der Waals surface area (Å²) in [6.45, 7) is 3.26. The summed E-state index contributed by atoms with van der Waals surface area (Å²) >= 11 is 0. The van der Waals surface area contributed by atoms with Crippen LogP contribution in [0.25, 0.3) is 22.2 Å². The van der Waals surface area contributed by atoms with Crippen LogP contribution in [-0.2, 0) is 13.6 Å². The number of rotatable bonds is 6. The Bertz CT molecular complexity index is 1210. The number of methoxy groups -OCH3 is 1. The summed E-state index contributed by atoms with van der Waals surface area (Å²) < 4.78 is 7.44. The molecule has 3 aromatic heterocycles. The van der Waals surface area contributed by atoms with Crippen molar-refractivity contribution in [1.82, 2.24) is 24.6 Å². The normalized spacial score (nSPS) is 14.4. The SMILES string of the molecule is COc1cc(CN2CCCC2)ccc1N(N)c1cc2[nH]c(-c3cnn(C)c3)cc2cn1. The zero-order valence-corrected chi connectivity index (χ0v) is 17.9. The molecule has 4 aromatic rings. The smallest absolute Gasteiger partial charge is 0.149 e. The van der Waals surface area contributed by atoms with Gasteiger partial charge < -0.3 is 9.72 Å². The summed E-state index contributed by atoms with van der Waals surface area (Å²) in [5.74, 6) is 7.85. The highest BCUT2D eigenvalue weighted by Crippen LogP contribution is 2.33. The van der Waals surface area contributed by atoms with Gasteiger partial charge >= 0.3 is 0 Å². The molecule has 8 nitrogen and oxygen atoms in total. The van der Waals surface area contributed by atoms with Gasteiger partial charge in [0.15, 0.2) is 0 Å².